The molecule has 0 saturated heterocycles. The fourth-order valence-electron chi connectivity index (χ4n) is 2.32. The van der Waals surface area contributed by atoms with E-state index in [2.05, 4.69) is 35.4 Å². The molecule has 88 valence electrons. The predicted octanol–water partition coefficient (Wildman–Crippen LogP) is 2.87. The number of aromatic nitrogens is 2. The van der Waals surface area contributed by atoms with Crippen LogP contribution in [0.25, 0.3) is 0 Å². The maximum absolute atomic E-state index is 4.05. The van der Waals surface area contributed by atoms with Gasteiger partial charge in [-0.15, -0.1) is 0 Å². The van der Waals surface area contributed by atoms with E-state index in [0.717, 1.165) is 6.54 Å². The number of nitrogens with one attached hydrogen (secondary N) is 2. The highest BCUT2D eigenvalue weighted by Crippen LogP contribution is 2.20. The lowest BCUT2D eigenvalue weighted by Gasteiger charge is -2.13. The minimum absolute atomic E-state index is 0.390. The molecule has 1 atom stereocenters. The fraction of sp³-hybridized carbons (Fsp3) is 0.615. The largest absolute Gasteiger partial charge is 0.310 e. The molecule has 0 aliphatic heterocycles. The van der Waals surface area contributed by atoms with Crippen molar-refractivity contribution in [3.05, 3.63) is 29.1 Å². The first-order valence-corrected chi connectivity index (χ1v) is 6.18. The van der Waals surface area contributed by atoms with E-state index in [-0.39, 0.29) is 0 Å². The summed E-state index contributed by atoms with van der Waals surface area (Å²) >= 11 is 0. The summed E-state index contributed by atoms with van der Waals surface area (Å²) in [5, 5.41) is 10.6. The molecule has 2 N–H and O–H groups in total. The Morgan fingerprint density at radius 3 is 3.06 bits per heavy atom. The average molecular weight is 219 g/mol. The zero-order valence-electron chi connectivity index (χ0n) is 10.2. The van der Waals surface area contributed by atoms with Crippen LogP contribution in [-0.4, -0.2) is 16.7 Å². The lowest BCUT2D eigenvalue weighted by Crippen LogP contribution is -2.20. The lowest BCUT2D eigenvalue weighted by molar-refractivity contribution is 0.571. The molecule has 2 rings (SSSR count). The Morgan fingerprint density at radius 2 is 2.44 bits per heavy atom. The molecule has 0 saturated carbocycles. The number of nitrogens with zero attached hydrogens (tertiary/aromatic N) is 1. The van der Waals surface area contributed by atoms with E-state index < -0.39 is 0 Å². The molecule has 1 aliphatic carbocycles. The molecule has 3 heteroatoms. The van der Waals surface area contributed by atoms with Gasteiger partial charge < -0.3 is 5.32 Å². The van der Waals surface area contributed by atoms with Crippen LogP contribution < -0.4 is 5.32 Å². The van der Waals surface area contributed by atoms with Gasteiger partial charge in [0.25, 0.3) is 0 Å². The van der Waals surface area contributed by atoms with Gasteiger partial charge in [0.05, 0.1) is 6.20 Å². The maximum atomic E-state index is 4.05. The van der Waals surface area contributed by atoms with Crippen molar-refractivity contribution in [3.63, 3.8) is 0 Å². The van der Waals surface area contributed by atoms with Crippen LogP contribution in [0.2, 0.25) is 0 Å². The monoisotopic (exact) mass is 219 g/mol. The minimum atomic E-state index is 0.390. The molecule has 0 aromatic carbocycles. The molecular formula is C13H21N3. The molecule has 3 nitrogen and oxygen atoms in total. The number of H-pyrrole nitrogens is 1. The second-order valence-electron chi connectivity index (χ2n) is 4.63. The van der Waals surface area contributed by atoms with Crippen molar-refractivity contribution in [1.82, 2.24) is 15.5 Å². The second kappa shape index (κ2) is 5.30. The topological polar surface area (TPSA) is 40.7 Å². The molecule has 0 bridgehead atoms. The lowest BCUT2D eigenvalue weighted by atomic mass is 10.1. The molecular weight excluding hydrogens is 198 g/mol. The Bertz CT molecular complexity index is 365. The molecule has 1 aromatic rings. The SMILES string of the molecule is Cc1[nH]ncc1C(C)NCCC1=CCCC1. The van der Waals surface area contributed by atoms with Gasteiger partial charge in [0.15, 0.2) is 0 Å². The van der Waals surface area contributed by atoms with Gasteiger partial charge in [0.1, 0.15) is 0 Å². The quantitative estimate of drug-likeness (QED) is 0.748. The molecule has 1 aromatic heterocycles. The standard InChI is InChI=1S/C13H21N3/c1-10(13-9-15-16-11(13)2)14-8-7-12-5-3-4-6-12/h5,9-10,14H,3-4,6-8H2,1-2H3,(H,15,16). The number of aryl methyl sites for hydroxylation is 1. The normalized spacial score (nSPS) is 17.5. The van der Waals surface area contributed by atoms with Crippen LogP contribution in [0.3, 0.4) is 0 Å². The highest BCUT2D eigenvalue weighted by molar-refractivity contribution is 5.18. The average Bonchev–Trinajstić information content (AvgIpc) is 2.88. The molecule has 0 amide bonds. The van der Waals surface area contributed by atoms with Crippen LogP contribution in [0.4, 0.5) is 0 Å². The number of allylic oxidation sites excluding steroid dienone is 1. The summed E-state index contributed by atoms with van der Waals surface area (Å²) in [5.41, 5.74) is 4.07. The number of rotatable bonds is 5. The maximum Gasteiger partial charge on any atom is 0.0537 e. The zero-order valence-corrected chi connectivity index (χ0v) is 10.2. The van der Waals surface area contributed by atoms with Crippen LogP contribution in [0, 0.1) is 6.92 Å². The van der Waals surface area contributed by atoms with E-state index in [1.54, 1.807) is 5.57 Å². The third-order valence-corrected chi connectivity index (χ3v) is 3.37. The first-order chi connectivity index (χ1) is 7.77. The third-order valence-electron chi connectivity index (χ3n) is 3.37. The smallest absolute Gasteiger partial charge is 0.0537 e. The number of hydrogen-bond acceptors (Lipinski definition) is 2. The van der Waals surface area contributed by atoms with Gasteiger partial charge in [0.2, 0.25) is 0 Å². The molecule has 1 unspecified atom stereocenters. The molecule has 16 heavy (non-hydrogen) atoms. The molecule has 1 aliphatic rings. The van der Waals surface area contributed by atoms with Gasteiger partial charge in [-0.25, -0.2) is 0 Å². The Hall–Kier alpha value is -1.09. The molecule has 0 spiro atoms. The van der Waals surface area contributed by atoms with Gasteiger partial charge in [-0.1, -0.05) is 11.6 Å². The Balaban J connectivity index is 1.75. The van der Waals surface area contributed by atoms with Crippen LogP contribution in [0.15, 0.2) is 17.8 Å². The van der Waals surface area contributed by atoms with E-state index in [1.165, 1.54) is 36.9 Å². The Morgan fingerprint density at radius 1 is 1.56 bits per heavy atom. The van der Waals surface area contributed by atoms with Crippen molar-refractivity contribution in [2.24, 2.45) is 0 Å². The van der Waals surface area contributed by atoms with E-state index >= 15 is 0 Å². The van der Waals surface area contributed by atoms with Gasteiger partial charge >= 0.3 is 0 Å². The first-order valence-electron chi connectivity index (χ1n) is 6.18. The highest BCUT2D eigenvalue weighted by atomic mass is 15.1. The van der Waals surface area contributed by atoms with Crippen molar-refractivity contribution in [1.29, 1.82) is 0 Å². The van der Waals surface area contributed by atoms with E-state index in [0.29, 0.717) is 6.04 Å². The molecule has 0 radical (unpaired) electrons. The first kappa shape index (κ1) is 11.4. The third kappa shape index (κ3) is 2.73. The van der Waals surface area contributed by atoms with Gasteiger partial charge in [-0.3, -0.25) is 5.10 Å². The van der Waals surface area contributed by atoms with Crippen molar-refractivity contribution in [3.8, 4) is 0 Å². The minimum Gasteiger partial charge on any atom is -0.310 e. The summed E-state index contributed by atoms with van der Waals surface area (Å²) in [6.07, 6.45) is 9.46. The van der Waals surface area contributed by atoms with Crippen LogP contribution in [0.5, 0.6) is 0 Å². The van der Waals surface area contributed by atoms with Gasteiger partial charge in [-0.2, -0.15) is 5.10 Å². The number of hydrogen-bond donors (Lipinski definition) is 2. The Kier molecular flexibility index (Phi) is 3.78. The van der Waals surface area contributed by atoms with Crippen molar-refractivity contribution in [2.75, 3.05) is 6.54 Å². The van der Waals surface area contributed by atoms with E-state index in [4.69, 9.17) is 0 Å². The predicted molar refractivity (Wildman–Crippen MR) is 66.3 cm³/mol. The van der Waals surface area contributed by atoms with Crippen molar-refractivity contribution < 1.29 is 0 Å². The Labute approximate surface area is 97.3 Å². The highest BCUT2D eigenvalue weighted by Gasteiger charge is 2.10. The fourth-order valence-corrected chi connectivity index (χ4v) is 2.32. The summed E-state index contributed by atoms with van der Waals surface area (Å²) in [4.78, 5) is 0. The van der Waals surface area contributed by atoms with Crippen molar-refractivity contribution >= 4 is 0 Å². The summed E-state index contributed by atoms with van der Waals surface area (Å²) in [6, 6.07) is 0.390. The van der Waals surface area contributed by atoms with Gasteiger partial charge in [0, 0.05) is 17.3 Å². The molecule has 1 heterocycles. The molecule has 0 fully saturated rings. The van der Waals surface area contributed by atoms with Crippen molar-refractivity contribution in [2.45, 2.75) is 45.6 Å². The summed E-state index contributed by atoms with van der Waals surface area (Å²) in [6.45, 7) is 5.33. The summed E-state index contributed by atoms with van der Waals surface area (Å²) in [7, 11) is 0. The van der Waals surface area contributed by atoms with Crippen LogP contribution >= 0.6 is 0 Å². The summed E-state index contributed by atoms with van der Waals surface area (Å²) < 4.78 is 0. The van der Waals surface area contributed by atoms with E-state index in [9.17, 15) is 0 Å². The van der Waals surface area contributed by atoms with Crippen LogP contribution in [-0.2, 0) is 0 Å². The van der Waals surface area contributed by atoms with Crippen LogP contribution in [0.1, 0.15) is 49.9 Å². The number of aromatic amines is 1. The van der Waals surface area contributed by atoms with Gasteiger partial charge in [-0.05, 0) is 46.1 Å². The summed E-state index contributed by atoms with van der Waals surface area (Å²) in [5.74, 6) is 0. The second-order valence-corrected chi connectivity index (χ2v) is 4.63. The van der Waals surface area contributed by atoms with E-state index in [1.807, 2.05) is 6.20 Å². The zero-order chi connectivity index (χ0) is 11.4.